The molecule has 1 aliphatic heterocycles. The maximum Gasteiger partial charge on any atom is 0.227 e. The molecular formula is C16H15ClN2O. The first-order valence-corrected chi connectivity index (χ1v) is 6.93. The van der Waals surface area contributed by atoms with Crippen LogP contribution in [-0.4, -0.2) is 12.5 Å². The normalized spacial score (nSPS) is 18.6. The molecule has 0 aromatic heterocycles. The molecule has 4 heteroatoms. The first-order valence-electron chi connectivity index (χ1n) is 6.55. The average molecular weight is 287 g/mol. The van der Waals surface area contributed by atoms with Gasteiger partial charge in [-0.05, 0) is 23.8 Å². The summed E-state index contributed by atoms with van der Waals surface area (Å²) in [5.41, 5.74) is 8.22. The van der Waals surface area contributed by atoms with Crippen LogP contribution in [0.1, 0.15) is 17.9 Å². The van der Waals surface area contributed by atoms with Crippen molar-refractivity contribution in [3.8, 4) is 0 Å². The smallest absolute Gasteiger partial charge is 0.227 e. The van der Waals surface area contributed by atoms with Crippen molar-refractivity contribution < 1.29 is 4.79 Å². The number of carbonyl (C=O) groups excluding carboxylic acids is 1. The fraction of sp³-hybridized carbons (Fsp3) is 0.188. The van der Waals surface area contributed by atoms with Crippen LogP contribution in [0, 0.1) is 0 Å². The van der Waals surface area contributed by atoms with Gasteiger partial charge in [0, 0.05) is 24.6 Å². The molecule has 3 nitrogen and oxygen atoms in total. The van der Waals surface area contributed by atoms with E-state index in [1.54, 1.807) is 17.0 Å². The first-order chi connectivity index (χ1) is 9.65. The molecule has 1 heterocycles. The van der Waals surface area contributed by atoms with Crippen molar-refractivity contribution in [2.45, 2.75) is 12.3 Å². The third-order valence-corrected chi connectivity index (χ3v) is 3.96. The number of halogens is 1. The monoisotopic (exact) mass is 286 g/mol. The Morgan fingerprint density at radius 1 is 1.15 bits per heavy atom. The molecule has 0 bridgehead atoms. The summed E-state index contributed by atoms with van der Waals surface area (Å²) in [4.78, 5) is 14.0. The summed E-state index contributed by atoms with van der Waals surface area (Å²) in [5.74, 6) is 0.322. The van der Waals surface area contributed by atoms with E-state index >= 15 is 0 Å². The van der Waals surface area contributed by atoms with E-state index in [1.807, 2.05) is 24.3 Å². The van der Waals surface area contributed by atoms with Crippen molar-refractivity contribution in [2.24, 2.45) is 0 Å². The molecule has 1 aliphatic rings. The molecule has 1 amide bonds. The van der Waals surface area contributed by atoms with Gasteiger partial charge in [0.15, 0.2) is 0 Å². The summed E-state index contributed by atoms with van der Waals surface area (Å²) in [6.45, 7) is 0.659. The summed E-state index contributed by atoms with van der Waals surface area (Å²) in [5, 5.41) is 0.520. The summed E-state index contributed by atoms with van der Waals surface area (Å²) >= 11 is 6.19. The van der Waals surface area contributed by atoms with Crippen molar-refractivity contribution in [1.82, 2.24) is 0 Å². The highest BCUT2D eigenvalue weighted by Crippen LogP contribution is 2.35. The van der Waals surface area contributed by atoms with E-state index in [1.165, 1.54) is 5.56 Å². The standard InChI is InChI=1S/C16H15ClN2O/c17-14-9-13(18)6-7-15(14)19-10-12(8-16(19)20)11-4-2-1-3-5-11/h1-7,9,12H,8,10,18H2. The lowest BCUT2D eigenvalue weighted by atomic mass is 9.98. The van der Waals surface area contributed by atoms with Crippen LogP contribution < -0.4 is 10.6 Å². The second kappa shape index (κ2) is 5.17. The van der Waals surface area contributed by atoms with E-state index < -0.39 is 0 Å². The lowest BCUT2D eigenvalue weighted by Gasteiger charge is -2.18. The SMILES string of the molecule is Nc1ccc(N2CC(c3ccccc3)CC2=O)c(Cl)c1. The van der Waals surface area contributed by atoms with Gasteiger partial charge in [-0.25, -0.2) is 0 Å². The number of nitrogens with zero attached hydrogens (tertiary/aromatic N) is 1. The van der Waals surface area contributed by atoms with Crippen molar-refractivity contribution in [3.63, 3.8) is 0 Å². The van der Waals surface area contributed by atoms with Crippen LogP contribution in [0.2, 0.25) is 5.02 Å². The zero-order valence-electron chi connectivity index (χ0n) is 10.9. The highest BCUT2D eigenvalue weighted by atomic mass is 35.5. The lowest BCUT2D eigenvalue weighted by molar-refractivity contribution is -0.117. The minimum Gasteiger partial charge on any atom is -0.399 e. The number of anilines is 2. The van der Waals surface area contributed by atoms with Gasteiger partial charge in [0.2, 0.25) is 5.91 Å². The molecule has 0 aliphatic carbocycles. The molecule has 1 atom stereocenters. The van der Waals surface area contributed by atoms with Gasteiger partial charge in [0.25, 0.3) is 0 Å². The van der Waals surface area contributed by atoms with E-state index in [0.29, 0.717) is 23.7 Å². The molecule has 0 radical (unpaired) electrons. The molecule has 20 heavy (non-hydrogen) atoms. The number of hydrogen-bond donors (Lipinski definition) is 1. The first kappa shape index (κ1) is 13.0. The second-order valence-corrected chi connectivity index (χ2v) is 5.43. The zero-order chi connectivity index (χ0) is 14.1. The van der Waals surface area contributed by atoms with E-state index in [9.17, 15) is 4.79 Å². The van der Waals surface area contributed by atoms with Crippen LogP contribution in [0.4, 0.5) is 11.4 Å². The van der Waals surface area contributed by atoms with Crippen molar-refractivity contribution in [1.29, 1.82) is 0 Å². The maximum absolute atomic E-state index is 12.2. The Morgan fingerprint density at radius 3 is 2.60 bits per heavy atom. The Hall–Kier alpha value is -2.00. The van der Waals surface area contributed by atoms with Crippen LogP contribution in [0.25, 0.3) is 0 Å². The molecular weight excluding hydrogens is 272 g/mol. The van der Waals surface area contributed by atoms with Gasteiger partial charge in [-0.2, -0.15) is 0 Å². The molecule has 2 aromatic rings. The zero-order valence-corrected chi connectivity index (χ0v) is 11.7. The molecule has 1 unspecified atom stereocenters. The predicted molar refractivity (Wildman–Crippen MR) is 82.0 cm³/mol. The molecule has 102 valence electrons. The molecule has 3 rings (SSSR count). The molecule has 2 aromatic carbocycles. The summed E-state index contributed by atoms with van der Waals surface area (Å²) in [7, 11) is 0. The number of nitrogens with two attached hydrogens (primary N) is 1. The van der Waals surface area contributed by atoms with E-state index in [4.69, 9.17) is 17.3 Å². The Morgan fingerprint density at radius 2 is 1.90 bits per heavy atom. The highest BCUT2D eigenvalue weighted by molar-refractivity contribution is 6.34. The van der Waals surface area contributed by atoms with Crippen LogP contribution in [0.3, 0.4) is 0 Å². The van der Waals surface area contributed by atoms with Gasteiger partial charge in [0.1, 0.15) is 0 Å². The summed E-state index contributed by atoms with van der Waals surface area (Å²) in [6.07, 6.45) is 0.519. The fourth-order valence-corrected chi connectivity index (χ4v) is 2.92. The highest BCUT2D eigenvalue weighted by Gasteiger charge is 2.32. The summed E-state index contributed by atoms with van der Waals surface area (Å²) < 4.78 is 0. The number of nitrogen functional groups attached to an aromatic ring is 1. The van der Waals surface area contributed by atoms with Crippen molar-refractivity contribution >= 4 is 28.9 Å². The molecule has 0 saturated carbocycles. The number of rotatable bonds is 2. The number of benzene rings is 2. The van der Waals surface area contributed by atoms with Gasteiger partial charge in [-0.1, -0.05) is 41.9 Å². The number of amides is 1. The van der Waals surface area contributed by atoms with Crippen molar-refractivity contribution in [2.75, 3.05) is 17.2 Å². The van der Waals surface area contributed by atoms with E-state index in [2.05, 4.69) is 12.1 Å². The van der Waals surface area contributed by atoms with Gasteiger partial charge < -0.3 is 10.6 Å². The third-order valence-electron chi connectivity index (χ3n) is 3.66. The molecule has 2 N–H and O–H groups in total. The van der Waals surface area contributed by atoms with Crippen LogP contribution in [0.15, 0.2) is 48.5 Å². The topological polar surface area (TPSA) is 46.3 Å². The summed E-state index contributed by atoms with van der Waals surface area (Å²) in [6, 6.07) is 15.4. The van der Waals surface area contributed by atoms with Gasteiger partial charge >= 0.3 is 0 Å². The molecule has 1 saturated heterocycles. The lowest BCUT2D eigenvalue weighted by Crippen LogP contribution is -2.24. The van der Waals surface area contributed by atoms with Crippen LogP contribution in [0.5, 0.6) is 0 Å². The third kappa shape index (κ3) is 2.37. The van der Waals surface area contributed by atoms with Gasteiger partial charge in [-0.3, -0.25) is 4.79 Å². The maximum atomic E-state index is 12.2. The molecule has 0 spiro atoms. The predicted octanol–water partition coefficient (Wildman–Crippen LogP) is 3.44. The number of carbonyl (C=O) groups is 1. The van der Waals surface area contributed by atoms with Gasteiger partial charge in [-0.15, -0.1) is 0 Å². The minimum absolute atomic E-state index is 0.102. The van der Waals surface area contributed by atoms with Crippen LogP contribution in [-0.2, 0) is 4.79 Å². The Labute approximate surface area is 123 Å². The van der Waals surface area contributed by atoms with Gasteiger partial charge in [0.05, 0.1) is 10.7 Å². The van der Waals surface area contributed by atoms with E-state index in [-0.39, 0.29) is 11.8 Å². The Bertz CT molecular complexity index is 642. The number of hydrogen-bond acceptors (Lipinski definition) is 2. The fourth-order valence-electron chi connectivity index (χ4n) is 2.63. The quantitative estimate of drug-likeness (QED) is 0.860. The average Bonchev–Trinajstić information content (AvgIpc) is 2.82. The largest absolute Gasteiger partial charge is 0.399 e. The van der Waals surface area contributed by atoms with E-state index in [0.717, 1.165) is 5.69 Å². The Kier molecular flexibility index (Phi) is 3.36. The Balaban J connectivity index is 1.87. The van der Waals surface area contributed by atoms with Crippen molar-refractivity contribution in [3.05, 3.63) is 59.1 Å². The molecule has 1 fully saturated rings. The minimum atomic E-state index is 0.102. The second-order valence-electron chi connectivity index (χ2n) is 5.03. The van der Waals surface area contributed by atoms with Crippen LogP contribution >= 0.6 is 11.6 Å².